The normalized spacial score (nSPS) is 10.5. The maximum absolute atomic E-state index is 13.1. The molecule has 1 aromatic heterocycles. The van der Waals surface area contributed by atoms with Gasteiger partial charge in [-0.3, -0.25) is 9.59 Å². The summed E-state index contributed by atoms with van der Waals surface area (Å²) >= 11 is 0. The SMILES string of the molecule is Cc1cccc(-c2cc(C(N)=O)c(C#N)c(=O)n2Cc2ccc(C)cc2C)c1. The highest BCUT2D eigenvalue weighted by molar-refractivity contribution is 5.96. The summed E-state index contributed by atoms with van der Waals surface area (Å²) in [5, 5.41) is 9.46. The van der Waals surface area contributed by atoms with Crippen molar-refractivity contribution in [3.8, 4) is 17.3 Å². The van der Waals surface area contributed by atoms with E-state index in [1.165, 1.54) is 4.57 Å². The number of primary amides is 1. The molecule has 0 saturated heterocycles. The van der Waals surface area contributed by atoms with Gasteiger partial charge in [-0.15, -0.1) is 0 Å². The zero-order valence-corrected chi connectivity index (χ0v) is 16.1. The second-order valence-electron chi connectivity index (χ2n) is 6.99. The number of amides is 1. The van der Waals surface area contributed by atoms with Gasteiger partial charge in [0.25, 0.3) is 5.56 Å². The molecule has 5 heteroatoms. The number of carbonyl (C=O) groups excluding carboxylic acids is 1. The highest BCUT2D eigenvalue weighted by Crippen LogP contribution is 2.23. The first-order chi connectivity index (χ1) is 13.3. The van der Waals surface area contributed by atoms with Gasteiger partial charge in [-0.1, -0.05) is 47.5 Å². The number of hydrogen-bond donors (Lipinski definition) is 1. The number of nitriles is 1. The summed E-state index contributed by atoms with van der Waals surface area (Å²) in [4.78, 5) is 25.0. The fourth-order valence-electron chi connectivity index (χ4n) is 3.34. The molecule has 0 atom stereocenters. The molecular formula is C23H21N3O2. The fraction of sp³-hybridized carbons (Fsp3) is 0.174. The zero-order chi connectivity index (χ0) is 20.4. The number of aromatic nitrogens is 1. The predicted molar refractivity (Wildman–Crippen MR) is 109 cm³/mol. The first kappa shape index (κ1) is 19.1. The Balaban J connectivity index is 2.31. The fourth-order valence-corrected chi connectivity index (χ4v) is 3.34. The lowest BCUT2D eigenvalue weighted by Gasteiger charge is -2.17. The summed E-state index contributed by atoms with van der Waals surface area (Å²) in [5.41, 5.74) is 10.2. The number of carbonyl (C=O) groups is 1. The molecule has 0 unspecified atom stereocenters. The van der Waals surface area contributed by atoms with Gasteiger partial charge in [-0.05, 0) is 49.6 Å². The van der Waals surface area contributed by atoms with Crippen molar-refractivity contribution in [2.45, 2.75) is 27.3 Å². The van der Waals surface area contributed by atoms with Crippen molar-refractivity contribution >= 4 is 5.91 Å². The van der Waals surface area contributed by atoms with Gasteiger partial charge >= 0.3 is 0 Å². The number of hydrogen-bond acceptors (Lipinski definition) is 3. The number of benzene rings is 2. The molecule has 0 fully saturated rings. The van der Waals surface area contributed by atoms with Gasteiger partial charge in [0.05, 0.1) is 17.8 Å². The van der Waals surface area contributed by atoms with Gasteiger partial charge in [0.1, 0.15) is 11.6 Å². The Morgan fingerprint density at radius 3 is 2.39 bits per heavy atom. The van der Waals surface area contributed by atoms with Crippen LogP contribution in [0.1, 0.15) is 38.2 Å². The van der Waals surface area contributed by atoms with Crippen molar-refractivity contribution < 1.29 is 4.79 Å². The van der Waals surface area contributed by atoms with Crippen LogP contribution in [0.4, 0.5) is 0 Å². The lowest BCUT2D eigenvalue weighted by Crippen LogP contribution is -2.29. The molecule has 0 aliphatic heterocycles. The standard InChI is InChI=1S/C23H21N3O2/c1-14-5-4-6-17(10-14)21-11-19(22(25)27)20(12-24)23(28)26(21)13-18-8-7-15(2)9-16(18)3/h4-11H,13H2,1-3H3,(H2,25,27). The summed E-state index contributed by atoms with van der Waals surface area (Å²) in [7, 11) is 0. The molecule has 3 aromatic rings. The van der Waals surface area contributed by atoms with Gasteiger partial charge in [0, 0.05) is 0 Å². The monoisotopic (exact) mass is 371 g/mol. The smallest absolute Gasteiger partial charge is 0.270 e. The van der Waals surface area contributed by atoms with E-state index in [2.05, 4.69) is 6.07 Å². The average molecular weight is 371 g/mol. The second-order valence-corrected chi connectivity index (χ2v) is 6.99. The lowest BCUT2D eigenvalue weighted by molar-refractivity contribution is 0.0999. The molecule has 0 spiro atoms. The zero-order valence-electron chi connectivity index (χ0n) is 16.1. The number of rotatable bonds is 4. The third-order valence-corrected chi connectivity index (χ3v) is 4.82. The highest BCUT2D eigenvalue weighted by atomic mass is 16.1. The van der Waals surface area contributed by atoms with Gasteiger partial charge in [0.15, 0.2) is 0 Å². The first-order valence-corrected chi connectivity index (χ1v) is 8.92. The Kier molecular flexibility index (Phi) is 5.14. The van der Waals surface area contributed by atoms with Gasteiger partial charge in [-0.2, -0.15) is 5.26 Å². The van der Waals surface area contributed by atoms with Crippen LogP contribution in [0, 0.1) is 32.1 Å². The molecule has 0 bridgehead atoms. The van der Waals surface area contributed by atoms with E-state index >= 15 is 0 Å². The number of aryl methyl sites for hydroxylation is 3. The van der Waals surface area contributed by atoms with Gasteiger partial charge in [0.2, 0.25) is 5.91 Å². The molecule has 140 valence electrons. The van der Waals surface area contributed by atoms with Crippen LogP contribution in [-0.2, 0) is 6.54 Å². The van der Waals surface area contributed by atoms with E-state index in [-0.39, 0.29) is 11.1 Å². The van der Waals surface area contributed by atoms with Crippen LogP contribution in [0.2, 0.25) is 0 Å². The number of nitrogens with zero attached hydrogens (tertiary/aromatic N) is 2. The topological polar surface area (TPSA) is 88.9 Å². The number of nitrogens with two attached hydrogens (primary N) is 1. The van der Waals surface area contributed by atoms with E-state index in [4.69, 9.17) is 5.73 Å². The van der Waals surface area contributed by atoms with Gasteiger partial charge < -0.3 is 10.3 Å². The summed E-state index contributed by atoms with van der Waals surface area (Å²) < 4.78 is 1.54. The summed E-state index contributed by atoms with van der Waals surface area (Å²) in [5.74, 6) is -0.791. The van der Waals surface area contributed by atoms with E-state index in [9.17, 15) is 14.9 Å². The van der Waals surface area contributed by atoms with Gasteiger partial charge in [-0.25, -0.2) is 0 Å². The first-order valence-electron chi connectivity index (χ1n) is 8.92. The molecule has 0 aliphatic carbocycles. The Labute approximate surface area is 163 Å². The van der Waals surface area contributed by atoms with E-state index in [0.29, 0.717) is 12.2 Å². The van der Waals surface area contributed by atoms with Crippen molar-refractivity contribution in [1.82, 2.24) is 4.57 Å². The summed E-state index contributed by atoms with van der Waals surface area (Å²) in [6.07, 6.45) is 0. The van der Waals surface area contributed by atoms with Crippen molar-refractivity contribution in [3.63, 3.8) is 0 Å². The Morgan fingerprint density at radius 2 is 1.79 bits per heavy atom. The molecule has 0 radical (unpaired) electrons. The second kappa shape index (κ2) is 7.53. The van der Waals surface area contributed by atoms with Crippen LogP contribution in [0.5, 0.6) is 0 Å². The minimum atomic E-state index is -0.791. The van der Waals surface area contributed by atoms with E-state index in [0.717, 1.165) is 27.8 Å². The Morgan fingerprint density at radius 1 is 1.07 bits per heavy atom. The average Bonchev–Trinajstić information content (AvgIpc) is 2.64. The molecule has 0 aliphatic rings. The minimum absolute atomic E-state index is 0.0547. The molecule has 28 heavy (non-hydrogen) atoms. The summed E-state index contributed by atoms with van der Waals surface area (Å²) in [6, 6.07) is 17.1. The third kappa shape index (κ3) is 3.58. The predicted octanol–water partition coefficient (Wildman–Crippen LogP) is 3.46. The minimum Gasteiger partial charge on any atom is -0.366 e. The van der Waals surface area contributed by atoms with E-state index < -0.39 is 11.5 Å². The van der Waals surface area contributed by atoms with Crippen LogP contribution in [0.15, 0.2) is 53.3 Å². The molecule has 2 aromatic carbocycles. The molecule has 2 N–H and O–H groups in total. The van der Waals surface area contributed by atoms with Crippen molar-refractivity contribution in [3.05, 3.63) is 92.3 Å². The molecule has 1 amide bonds. The van der Waals surface area contributed by atoms with E-state index in [1.54, 1.807) is 6.07 Å². The molecule has 3 rings (SSSR count). The Bertz CT molecular complexity index is 1180. The van der Waals surface area contributed by atoms with Crippen molar-refractivity contribution in [2.24, 2.45) is 5.73 Å². The highest BCUT2D eigenvalue weighted by Gasteiger charge is 2.19. The maximum atomic E-state index is 13.1. The van der Waals surface area contributed by atoms with E-state index in [1.807, 2.05) is 63.2 Å². The van der Waals surface area contributed by atoms with Crippen LogP contribution >= 0.6 is 0 Å². The quantitative estimate of drug-likeness (QED) is 0.762. The molecule has 5 nitrogen and oxygen atoms in total. The van der Waals surface area contributed by atoms with Crippen LogP contribution in [-0.4, -0.2) is 10.5 Å². The van der Waals surface area contributed by atoms with Crippen LogP contribution in [0.3, 0.4) is 0 Å². The molecule has 0 saturated carbocycles. The van der Waals surface area contributed by atoms with Crippen LogP contribution in [0.25, 0.3) is 11.3 Å². The molecular weight excluding hydrogens is 350 g/mol. The third-order valence-electron chi connectivity index (χ3n) is 4.82. The van der Waals surface area contributed by atoms with Crippen molar-refractivity contribution in [2.75, 3.05) is 0 Å². The lowest BCUT2D eigenvalue weighted by atomic mass is 10.0. The Hall–Kier alpha value is -3.65. The largest absolute Gasteiger partial charge is 0.366 e. The maximum Gasteiger partial charge on any atom is 0.270 e. The summed E-state index contributed by atoms with van der Waals surface area (Å²) in [6.45, 7) is 6.25. The number of pyridine rings is 1. The van der Waals surface area contributed by atoms with Crippen LogP contribution < -0.4 is 11.3 Å². The molecule has 1 heterocycles. The van der Waals surface area contributed by atoms with Crippen molar-refractivity contribution in [1.29, 1.82) is 5.26 Å².